The maximum absolute atomic E-state index is 14.2. The maximum Gasteiger partial charge on any atom is 0.190 e. The molecule has 0 amide bonds. The summed E-state index contributed by atoms with van der Waals surface area (Å²) in [6.45, 7) is 0. The highest BCUT2D eigenvalue weighted by Crippen LogP contribution is 2.27. The van der Waals surface area contributed by atoms with Gasteiger partial charge in [-0.05, 0) is 28.1 Å². The van der Waals surface area contributed by atoms with Crippen LogP contribution in [-0.2, 0) is 0 Å². The van der Waals surface area contributed by atoms with Gasteiger partial charge >= 0.3 is 0 Å². The molecule has 0 unspecified atom stereocenters. The number of nitrogens with two attached hydrogens (primary N) is 1. The third kappa shape index (κ3) is 2.47. The van der Waals surface area contributed by atoms with Crippen molar-refractivity contribution in [3.8, 4) is 17.2 Å². The molecule has 1 aromatic carbocycles. The van der Waals surface area contributed by atoms with Crippen LogP contribution in [0.25, 0.3) is 17.2 Å². The zero-order valence-electron chi connectivity index (χ0n) is 10.3. The Morgan fingerprint density at radius 1 is 1.33 bits per heavy atom. The number of aromatic nitrogens is 5. The smallest absolute Gasteiger partial charge is 0.190 e. The predicted octanol–water partition coefficient (Wildman–Crippen LogP) is 2.86. The number of rotatable bonds is 2. The fourth-order valence-corrected chi connectivity index (χ4v) is 2.24. The lowest BCUT2D eigenvalue weighted by Crippen LogP contribution is -2.04. The van der Waals surface area contributed by atoms with E-state index in [1.165, 1.54) is 23.2 Å². The average molecular weight is 370 g/mol. The van der Waals surface area contributed by atoms with E-state index in [0.29, 0.717) is 10.3 Å². The molecule has 0 spiro atoms. The Bertz CT molecular complexity index is 805. The molecule has 0 saturated heterocycles. The molecule has 2 N–H and O–H groups in total. The van der Waals surface area contributed by atoms with Crippen LogP contribution in [0.15, 0.2) is 35.3 Å². The Balaban J connectivity index is 2.22. The Morgan fingerprint density at radius 2 is 2.14 bits per heavy atom. The Kier molecular flexibility index (Phi) is 3.56. The minimum absolute atomic E-state index is 0.000415. The van der Waals surface area contributed by atoms with Gasteiger partial charge in [0.25, 0.3) is 0 Å². The van der Waals surface area contributed by atoms with Crippen molar-refractivity contribution in [2.75, 3.05) is 5.73 Å². The topological polar surface area (TPSA) is 82.5 Å². The normalized spacial score (nSPS) is 10.8. The molecule has 0 bridgehead atoms. The molecule has 2 heterocycles. The second-order valence-electron chi connectivity index (χ2n) is 4.02. The van der Waals surface area contributed by atoms with E-state index >= 15 is 0 Å². The molecule has 0 atom stereocenters. The summed E-state index contributed by atoms with van der Waals surface area (Å²) in [5.41, 5.74) is 6.29. The van der Waals surface area contributed by atoms with Crippen molar-refractivity contribution in [2.45, 2.75) is 0 Å². The van der Waals surface area contributed by atoms with Gasteiger partial charge in [-0.15, -0.1) is 10.2 Å². The SMILES string of the molecule is Nc1ncc(Br)nc1-c1nncn1-c1cccc(Cl)c1F. The van der Waals surface area contributed by atoms with Gasteiger partial charge < -0.3 is 5.73 Å². The van der Waals surface area contributed by atoms with Crippen molar-refractivity contribution in [1.82, 2.24) is 24.7 Å². The molecule has 0 aliphatic carbocycles. The van der Waals surface area contributed by atoms with Gasteiger partial charge in [0, 0.05) is 0 Å². The first-order valence-corrected chi connectivity index (χ1v) is 6.88. The number of benzene rings is 1. The van der Waals surface area contributed by atoms with Crippen LogP contribution in [0.4, 0.5) is 10.2 Å². The lowest BCUT2D eigenvalue weighted by Gasteiger charge is -2.09. The number of nitrogen functional groups attached to an aromatic ring is 1. The zero-order chi connectivity index (χ0) is 15.0. The zero-order valence-corrected chi connectivity index (χ0v) is 12.7. The van der Waals surface area contributed by atoms with Crippen LogP contribution in [0.3, 0.4) is 0 Å². The standard InChI is InChI=1S/C12H7BrClFN6/c13-8-4-17-11(16)10(19-8)12-20-18-5-21(12)7-3-1-2-6(14)9(7)15/h1-5H,(H2,16,17). The van der Waals surface area contributed by atoms with Gasteiger partial charge in [0.15, 0.2) is 23.2 Å². The first-order valence-electron chi connectivity index (χ1n) is 5.70. The van der Waals surface area contributed by atoms with E-state index in [9.17, 15) is 4.39 Å². The van der Waals surface area contributed by atoms with Gasteiger partial charge in [-0.3, -0.25) is 4.57 Å². The molecule has 0 saturated carbocycles. The molecular formula is C12H7BrClFN6. The van der Waals surface area contributed by atoms with Crippen LogP contribution in [0.5, 0.6) is 0 Å². The summed E-state index contributed by atoms with van der Waals surface area (Å²) in [6.07, 6.45) is 2.81. The largest absolute Gasteiger partial charge is 0.382 e. The summed E-state index contributed by atoms with van der Waals surface area (Å²) in [5, 5.41) is 7.72. The third-order valence-electron chi connectivity index (χ3n) is 2.72. The lowest BCUT2D eigenvalue weighted by atomic mass is 10.3. The van der Waals surface area contributed by atoms with E-state index in [1.54, 1.807) is 12.1 Å². The van der Waals surface area contributed by atoms with Gasteiger partial charge in [-0.2, -0.15) is 0 Å². The maximum atomic E-state index is 14.2. The molecule has 2 aromatic heterocycles. The minimum atomic E-state index is -0.582. The van der Waals surface area contributed by atoms with Gasteiger partial charge in [0.1, 0.15) is 10.9 Å². The molecular weight excluding hydrogens is 363 g/mol. The molecule has 3 aromatic rings. The number of hydrogen-bond donors (Lipinski definition) is 1. The molecule has 0 radical (unpaired) electrons. The van der Waals surface area contributed by atoms with Crippen molar-refractivity contribution < 1.29 is 4.39 Å². The Morgan fingerprint density at radius 3 is 2.95 bits per heavy atom. The first kappa shape index (κ1) is 13.9. The fourth-order valence-electron chi connectivity index (χ4n) is 1.79. The summed E-state index contributed by atoms with van der Waals surface area (Å²) >= 11 is 9.00. The van der Waals surface area contributed by atoms with Crippen LogP contribution >= 0.6 is 27.5 Å². The highest BCUT2D eigenvalue weighted by Gasteiger charge is 2.18. The molecule has 0 aliphatic heterocycles. The fraction of sp³-hybridized carbons (Fsp3) is 0. The molecule has 21 heavy (non-hydrogen) atoms. The van der Waals surface area contributed by atoms with E-state index in [2.05, 4.69) is 36.1 Å². The number of nitrogens with zero attached hydrogens (tertiary/aromatic N) is 5. The van der Waals surface area contributed by atoms with E-state index < -0.39 is 5.82 Å². The molecule has 3 rings (SSSR count). The van der Waals surface area contributed by atoms with Gasteiger partial charge in [0.2, 0.25) is 0 Å². The van der Waals surface area contributed by atoms with E-state index in [1.807, 2.05) is 0 Å². The Hall–Kier alpha value is -2.06. The second kappa shape index (κ2) is 5.38. The van der Waals surface area contributed by atoms with E-state index in [0.717, 1.165) is 0 Å². The summed E-state index contributed by atoms with van der Waals surface area (Å²) in [6, 6.07) is 4.63. The Labute approximate surface area is 131 Å². The van der Waals surface area contributed by atoms with Crippen molar-refractivity contribution in [2.24, 2.45) is 0 Å². The van der Waals surface area contributed by atoms with Crippen molar-refractivity contribution >= 4 is 33.3 Å². The van der Waals surface area contributed by atoms with Crippen LogP contribution in [0.2, 0.25) is 5.02 Å². The quantitative estimate of drug-likeness (QED) is 0.751. The van der Waals surface area contributed by atoms with Crippen molar-refractivity contribution in [1.29, 1.82) is 0 Å². The monoisotopic (exact) mass is 368 g/mol. The first-order chi connectivity index (χ1) is 10.1. The van der Waals surface area contributed by atoms with Crippen LogP contribution in [0, 0.1) is 5.82 Å². The predicted molar refractivity (Wildman–Crippen MR) is 79.5 cm³/mol. The molecule has 0 fully saturated rings. The minimum Gasteiger partial charge on any atom is -0.382 e. The molecule has 6 nitrogen and oxygen atoms in total. The van der Waals surface area contributed by atoms with Gasteiger partial charge in [0.05, 0.1) is 16.9 Å². The van der Waals surface area contributed by atoms with E-state index in [4.69, 9.17) is 17.3 Å². The van der Waals surface area contributed by atoms with Gasteiger partial charge in [-0.25, -0.2) is 14.4 Å². The molecule has 9 heteroatoms. The lowest BCUT2D eigenvalue weighted by molar-refractivity contribution is 0.619. The van der Waals surface area contributed by atoms with Crippen LogP contribution < -0.4 is 5.73 Å². The summed E-state index contributed by atoms with van der Waals surface area (Å²) < 4.78 is 16.0. The van der Waals surface area contributed by atoms with Gasteiger partial charge in [-0.1, -0.05) is 17.7 Å². The van der Waals surface area contributed by atoms with Crippen LogP contribution in [-0.4, -0.2) is 24.7 Å². The van der Waals surface area contributed by atoms with Crippen LogP contribution in [0.1, 0.15) is 0 Å². The molecule has 0 aliphatic rings. The number of anilines is 1. The summed E-state index contributed by atoms with van der Waals surface area (Å²) in [7, 11) is 0. The second-order valence-corrected chi connectivity index (χ2v) is 5.24. The highest BCUT2D eigenvalue weighted by atomic mass is 79.9. The summed E-state index contributed by atoms with van der Waals surface area (Å²) in [5.74, 6) is -0.154. The summed E-state index contributed by atoms with van der Waals surface area (Å²) in [4.78, 5) is 8.18. The van der Waals surface area contributed by atoms with Crippen molar-refractivity contribution in [3.63, 3.8) is 0 Å². The van der Waals surface area contributed by atoms with E-state index in [-0.39, 0.29) is 22.4 Å². The highest BCUT2D eigenvalue weighted by molar-refractivity contribution is 9.10. The number of hydrogen-bond acceptors (Lipinski definition) is 5. The van der Waals surface area contributed by atoms with Crippen molar-refractivity contribution in [3.05, 3.63) is 46.2 Å². The molecule has 106 valence electrons. The number of halogens is 3. The third-order valence-corrected chi connectivity index (χ3v) is 3.40. The average Bonchev–Trinajstić information content (AvgIpc) is 2.93.